The largest absolute Gasteiger partial charge is 0.350 e. The van der Waals surface area contributed by atoms with E-state index < -0.39 is 0 Å². The third-order valence-corrected chi connectivity index (χ3v) is 2.93. The molecular weight excluding hydrogens is 266 g/mol. The van der Waals surface area contributed by atoms with Crippen LogP contribution in [0.1, 0.15) is 19.8 Å². The molecule has 0 saturated heterocycles. The van der Waals surface area contributed by atoms with E-state index in [0.717, 1.165) is 29.2 Å². The van der Waals surface area contributed by atoms with Gasteiger partial charge in [-0.15, -0.1) is 0 Å². The topological polar surface area (TPSA) is 58.5 Å². The Morgan fingerprint density at radius 2 is 2.11 bits per heavy atom. The number of tetrazole rings is 1. The summed E-state index contributed by atoms with van der Waals surface area (Å²) in [7, 11) is 0. The van der Waals surface area contributed by atoms with Gasteiger partial charge in [0.25, 0.3) is 0 Å². The minimum atomic E-state index is 0.400. The van der Waals surface area contributed by atoms with Crippen LogP contribution >= 0.6 is 24.4 Å². The fourth-order valence-electron chi connectivity index (χ4n) is 1.51. The average Bonchev–Trinajstić information content (AvgIpc) is 2.77. The predicted octanol–water partition coefficient (Wildman–Crippen LogP) is 2.86. The molecule has 7 heteroatoms. The average molecular weight is 279 g/mol. The molecule has 1 aromatic carbocycles. The molecule has 0 saturated carbocycles. The van der Waals surface area contributed by atoms with Gasteiger partial charge in [-0.3, -0.25) is 0 Å². The smallest absolute Gasteiger partial charge is 0.242 e. The van der Waals surface area contributed by atoms with E-state index in [1.807, 2.05) is 24.3 Å². The summed E-state index contributed by atoms with van der Waals surface area (Å²) in [4.78, 5) is 0.852. The zero-order valence-corrected chi connectivity index (χ0v) is 11.5. The van der Waals surface area contributed by atoms with Crippen LogP contribution in [0, 0.1) is 4.77 Å². The van der Waals surface area contributed by atoms with E-state index in [2.05, 4.69) is 27.8 Å². The molecule has 1 heterocycles. The lowest BCUT2D eigenvalue weighted by Gasteiger charge is -2.07. The summed E-state index contributed by atoms with van der Waals surface area (Å²) >= 11 is 10.2. The number of rotatable bonds is 4. The number of hydrogen-bond acceptors (Lipinski definition) is 4. The molecule has 0 fully saturated rings. The SMILES string of the molecule is CCCC(=S)Nc1ccc(-n2[nH]nnc2=S)cc1. The molecule has 0 spiro atoms. The molecule has 2 rings (SSSR count). The highest BCUT2D eigenvalue weighted by molar-refractivity contribution is 7.80. The summed E-state index contributed by atoms with van der Waals surface area (Å²) in [6.45, 7) is 2.10. The number of aromatic amines is 1. The Bertz CT molecular complexity index is 584. The summed E-state index contributed by atoms with van der Waals surface area (Å²) in [6.07, 6.45) is 1.94. The Labute approximate surface area is 115 Å². The Kier molecular flexibility index (Phi) is 4.16. The quantitative estimate of drug-likeness (QED) is 0.843. The van der Waals surface area contributed by atoms with E-state index >= 15 is 0 Å². The van der Waals surface area contributed by atoms with E-state index in [9.17, 15) is 0 Å². The van der Waals surface area contributed by atoms with Crippen molar-refractivity contribution in [1.82, 2.24) is 20.2 Å². The van der Waals surface area contributed by atoms with Gasteiger partial charge in [0.1, 0.15) is 0 Å². The molecule has 0 aliphatic rings. The summed E-state index contributed by atoms with van der Waals surface area (Å²) in [6, 6.07) is 7.74. The van der Waals surface area contributed by atoms with Crippen molar-refractivity contribution in [2.75, 3.05) is 5.32 Å². The van der Waals surface area contributed by atoms with Crippen LogP contribution in [0.4, 0.5) is 5.69 Å². The second kappa shape index (κ2) is 5.83. The Morgan fingerprint density at radius 1 is 1.39 bits per heavy atom. The highest BCUT2D eigenvalue weighted by atomic mass is 32.1. The van der Waals surface area contributed by atoms with Gasteiger partial charge in [0.05, 0.1) is 10.7 Å². The number of thiocarbonyl (C=S) groups is 1. The zero-order chi connectivity index (χ0) is 13.0. The maximum Gasteiger partial charge on any atom is 0.242 e. The molecule has 0 aliphatic carbocycles. The predicted molar refractivity (Wildman–Crippen MR) is 77.7 cm³/mol. The molecule has 1 aromatic heterocycles. The molecule has 0 radical (unpaired) electrons. The van der Waals surface area contributed by atoms with Crippen molar-refractivity contribution in [2.24, 2.45) is 0 Å². The number of nitrogens with one attached hydrogen (secondary N) is 2. The van der Waals surface area contributed by atoms with E-state index in [0.29, 0.717) is 4.77 Å². The van der Waals surface area contributed by atoms with Gasteiger partial charge in [0.15, 0.2) is 0 Å². The maximum absolute atomic E-state index is 5.21. The molecule has 0 amide bonds. The van der Waals surface area contributed by atoms with Crippen molar-refractivity contribution in [1.29, 1.82) is 0 Å². The monoisotopic (exact) mass is 279 g/mol. The highest BCUT2D eigenvalue weighted by Crippen LogP contribution is 2.13. The van der Waals surface area contributed by atoms with Gasteiger partial charge in [-0.2, -0.15) is 5.21 Å². The molecule has 0 bridgehead atoms. The fourth-order valence-corrected chi connectivity index (χ4v) is 2.02. The first-order valence-electron chi connectivity index (χ1n) is 5.61. The van der Waals surface area contributed by atoms with Crippen LogP contribution in [0.25, 0.3) is 5.69 Å². The molecule has 18 heavy (non-hydrogen) atoms. The van der Waals surface area contributed by atoms with Crippen LogP contribution in [0.2, 0.25) is 0 Å². The molecule has 0 atom stereocenters. The van der Waals surface area contributed by atoms with E-state index in [1.165, 1.54) is 0 Å². The van der Waals surface area contributed by atoms with Crippen molar-refractivity contribution in [3.8, 4) is 5.69 Å². The van der Waals surface area contributed by atoms with Gasteiger partial charge < -0.3 is 5.32 Å². The van der Waals surface area contributed by atoms with E-state index in [-0.39, 0.29) is 0 Å². The Hall–Kier alpha value is -1.60. The van der Waals surface area contributed by atoms with Crippen molar-refractivity contribution in [3.63, 3.8) is 0 Å². The van der Waals surface area contributed by atoms with Crippen molar-refractivity contribution >= 4 is 35.1 Å². The van der Waals surface area contributed by atoms with Crippen molar-refractivity contribution < 1.29 is 0 Å². The van der Waals surface area contributed by atoms with Crippen LogP contribution in [0.5, 0.6) is 0 Å². The lowest BCUT2D eigenvalue weighted by Crippen LogP contribution is -2.08. The summed E-state index contributed by atoms with van der Waals surface area (Å²) in [5.74, 6) is 0. The molecule has 2 aromatic rings. The first kappa shape index (κ1) is 12.8. The minimum Gasteiger partial charge on any atom is -0.350 e. The maximum atomic E-state index is 5.21. The zero-order valence-electron chi connectivity index (χ0n) is 9.88. The highest BCUT2D eigenvalue weighted by Gasteiger charge is 2.01. The Morgan fingerprint density at radius 3 is 2.67 bits per heavy atom. The summed E-state index contributed by atoms with van der Waals surface area (Å²) in [5.41, 5.74) is 1.85. The standard InChI is InChI=1S/C11H13N5S2/c1-2-3-10(17)12-8-4-6-9(7-5-8)16-11(18)13-14-15-16/h4-7H,2-3H2,1H3,(H,12,17)(H,13,15,18). The lowest BCUT2D eigenvalue weighted by atomic mass is 10.2. The minimum absolute atomic E-state index is 0.400. The third-order valence-electron chi connectivity index (χ3n) is 2.36. The van der Waals surface area contributed by atoms with Gasteiger partial charge in [0.2, 0.25) is 4.77 Å². The third kappa shape index (κ3) is 2.99. The molecule has 5 nitrogen and oxygen atoms in total. The number of H-pyrrole nitrogens is 1. The van der Waals surface area contributed by atoms with Gasteiger partial charge >= 0.3 is 0 Å². The number of aromatic nitrogens is 4. The number of anilines is 1. The van der Waals surface area contributed by atoms with Crippen LogP contribution in [-0.4, -0.2) is 25.2 Å². The van der Waals surface area contributed by atoms with Crippen LogP contribution < -0.4 is 5.32 Å². The van der Waals surface area contributed by atoms with Crippen LogP contribution in [0.3, 0.4) is 0 Å². The van der Waals surface area contributed by atoms with Gasteiger partial charge in [-0.25, -0.2) is 4.68 Å². The van der Waals surface area contributed by atoms with Crippen molar-refractivity contribution in [3.05, 3.63) is 29.0 Å². The molecule has 94 valence electrons. The second-order valence-electron chi connectivity index (χ2n) is 3.76. The first-order chi connectivity index (χ1) is 8.70. The van der Waals surface area contributed by atoms with E-state index in [1.54, 1.807) is 4.68 Å². The van der Waals surface area contributed by atoms with Gasteiger partial charge in [-0.05, 0) is 49.3 Å². The molecular formula is C11H13N5S2. The summed E-state index contributed by atoms with van der Waals surface area (Å²) in [5, 5.41) is 13.3. The normalized spacial score (nSPS) is 10.3. The number of benzene rings is 1. The van der Waals surface area contributed by atoms with Crippen molar-refractivity contribution in [2.45, 2.75) is 19.8 Å². The van der Waals surface area contributed by atoms with Crippen LogP contribution in [-0.2, 0) is 0 Å². The number of nitrogens with zero attached hydrogens (tertiary/aromatic N) is 3. The molecule has 0 aliphatic heterocycles. The lowest BCUT2D eigenvalue weighted by molar-refractivity contribution is 0.786. The second-order valence-corrected chi connectivity index (χ2v) is 4.62. The van der Waals surface area contributed by atoms with Gasteiger partial charge in [-0.1, -0.05) is 29.5 Å². The van der Waals surface area contributed by atoms with Crippen LogP contribution in [0.15, 0.2) is 24.3 Å². The Balaban J connectivity index is 2.13. The first-order valence-corrected chi connectivity index (χ1v) is 6.42. The summed E-state index contributed by atoms with van der Waals surface area (Å²) < 4.78 is 2.03. The van der Waals surface area contributed by atoms with Gasteiger partial charge in [0, 0.05) is 5.69 Å². The molecule has 0 unspecified atom stereocenters. The fraction of sp³-hybridized carbons (Fsp3) is 0.273. The molecule has 2 N–H and O–H groups in total. The number of hydrogen-bond donors (Lipinski definition) is 2. The van der Waals surface area contributed by atoms with E-state index in [4.69, 9.17) is 24.4 Å².